The first-order valence-electron chi connectivity index (χ1n) is 5.96. The normalized spacial score (nSPS) is 9.90. The van der Waals surface area contributed by atoms with Gasteiger partial charge in [0.1, 0.15) is 6.33 Å². The quantitative estimate of drug-likeness (QED) is 0.507. The van der Waals surface area contributed by atoms with Crippen LogP contribution in [0.15, 0.2) is 43.2 Å². The molecule has 5 heteroatoms. The molecule has 0 unspecified atom stereocenters. The van der Waals surface area contributed by atoms with E-state index in [1.807, 2.05) is 13.0 Å². The minimum atomic E-state index is -0.394. The number of aryl methyl sites for hydroxylation is 1. The monoisotopic (exact) mass is 286 g/mol. The summed E-state index contributed by atoms with van der Waals surface area (Å²) in [4.78, 5) is 18.4. The molecule has 1 aromatic carbocycles. The number of rotatable bonds is 1. The molecule has 2 heterocycles. The zero-order chi connectivity index (χ0) is 14.5. The van der Waals surface area contributed by atoms with Crippen molar-refractivity contribution in [2.75, 3.05) is 7.11 Å². The van der Waals surface area contributed by atoms with Crippen LogP contribution in [0.25, 0.3) is 20.3 Å². The first-order chi connectivity index (χ1) is 9.67. The fourth-order valence-corrected chi connectivity index (χ4v) is 2.82. The van der Waals surface area contributed by atoms with Crippen molar-refractivity contribution in [3.05, 3.63) is 48.9 Å². The molecule has 20 heavy (non-hydrogen) atoms. The predicted octanol–water partition coefficient (Wildman–Crippen LogP) is 3.50. The van der Waals surface area contributed by atoms with Crippen molar-refractivity contribution >= 4 is 37.6 Å². The largest absolute Gasteiger partial charge is 0.466 e. The van der Waals surface area contributed by atoms with E-state index < -0.39 is 5.97 Å². The van der Waals surface area contributed by atoms with Crippen molar-refractivity contribution in [2.24, 2.45) is 0 Å². The van der Waals surface area contributed by atoms with Gasteiger partial charge in [0.15, 0.2) is 0 Å². The maximum Gasteiger partial charge on any atom is 0.329 e. The van der Waals surface area contributed by atoms with Gasteiger partial charge < -0.3 is 4.74 Å². The van der Waals surface area contributed by atoms with Crippen molar-refractivity contribution in [3.63, 3.8) is 0 Å². The summed E-state index contributed by atoms with van der Waals surface area (Å²) < 4.78 is 6.63. The summed E-state index contributed by atoms with van der Waals surface area (Å²) in [6, 6.07) is 8.34. The highest BCUT2D eigenvalue weighted by Gasteiger charge is 2.07. The topological polar surface area (TPSA) is 52.1 Å². The van der Waals surface area contributed by atoms with Gasteiger partial charge in [-0.05, 0) is 13.0 Å². The standard InChI is InChI=1S/C11H8N2S.C4H6O2/c1-7-11-10(13-6-12-7)8-4-2-3-5-9(8)14-11;1-3-4(5)6-2/h2-6H,1H3;3H,1H2,2H3. The van der Waals surface area contributed by atoms with E-state index in [9.17, 15) is 4.79 Å². The molecule has 2 aromatic heterocycles. The fraction of sp³-hybridized carbons (Fsp3) is 0.133. The molecule has 102 valence electrons. The summed E-state index contributed by atoms with van der Waals surface area (Å²) in [5.41, 5.74) is 2.15. The fourth-order valence-electron chi connectivity index (χ4n) is 1.72. The molecular formula is C15H14N2O2S. The number of ether oxygens (including phenoxy) is 1. The van der Waals surface area contributed by atoms with Crippen LogP contribution in [0.5, 0.6) is 0 Å². The molecule has 0 atom stereocenters. The predicted molar refractivity (Wildman–Crippen MR) is 81.9 cm³/mol. The molecule has 4 nitrogen and oxygen atoms in total. The van der Waals surface area contributed by atoms with E-state index in [4.69, 9.17) is 0 Å². The highest BCUT2D eigenvalue weighted by molar-refractivity contribution is 7.25. The van der Waals surface area contributed by atoms with Gasteiger partial charge in [-0.25, -0.2) is 14.8 Å². The van der Waals surface area contributed by atoms with Crippen LogP contribution in [0.3, 0.4) is 0 Å². The SMILES string of the molecule is C=CC(=O)OC.Cc1ncnc2c1sc1ccccc12. The van der Waals surface area contributed by atoms with E-state index in [0.717, 1.165) is 17.3 Å². The Balaban J connectivity index is 0.000000212. The van der Waals surface area contributed by atoms with Crippen LogP contribution < -0.4 is 0 Å². The van der Waals surface area contributed by atoms with Gasteiger partial charge in [-0.15, -0.1) is 11.3 Å². The van der Waals surface area contributed by atoms with Gasteiger partial charge in [0.05, 0.1) is 23.0 Å². The van der Waals surface area contributed by atoms with Crippen molar-refractivity contribution in [1.82, 2.24) is 9.97 Å². The molecular weight excluding hydrogens is 272 g/mol. The zero-order valence-corrected chi connectivity index (χ0v) is 12.1. The Labute approximate surface area is 120 Å². The molecule has 0 spiro atoms. The second-order valence-electron chi connectivity index (χ2n) is 3.96. The van der Waals surface area contributed by atoms with Crippen molar-refractivity contribution in [3.8, 4) is 0 Å². The number of carbonyl (C=O) groups is 1. The summed E-state index contributed by atoms with van der Waals surface area (Å²) >= 11 is 1.76. The number of esters is 1. The van der Waals surface area contributed by atoms with Crippen LogP contribution in [0.2, 0.25) is 0 Å². The Morgan fingerprint density at radius 2 is 2.10 bits per heavy atom. The van der Waals surface area contributed by atoms with E-state index in [0.29, 0.717) is 0 Å². The Kier molecular flexibility index (Phi) is 4.42. The van der Waals surface area contributed by atoms with Crippen LogP contribution >= 0.6 is 11.3 Å². The van der Waals surface area contributed by atoms with Gasteiger partial charge in [-0.2, -0.15) is 0 Å². The van der Waals surface area contributed by atoms with Crippen LogP contribution in [-0.2, 0) is 9.53 Å². The number of hydrogen-bond donors (Lipinski definition) is 0. The molecule has 0 bridgehead atoms. The third kappa shape index (κ3) is 2.83. The lowest BCUT2D eigenvalue weighted by Crippen LogP contribution is -1.91. The van der Waals surface area contributed by atoms with E-state index >= 15 is 0 Å². The number of nitrogens with zero attached hydrogens (tertiary/aromatic N) is 2. The number of aromatic nitrogens is 2. The molecule has 0 saturated carbocycles. The third-order valence-electron chi connectivity index (χ3n) is 2.70. The molecule has 0 aliphatic carbocycles. The second-order valence-corrected chi connectivity index (χ2v) is 5.01. The van der Waals surface area contributed by atoms with Gasteiger partial charge in [0.25, 0.3) is 0 Å². The van der Waals surface area contributed by atoms with Gasteiger partial charge in [-0.1, -0.05) is 24.8 Å². The highest BCUT2D eigenvalue weighted by Crippen LogP contribution is 2.32. The van der Waals surface area contributed by atoms with E-state index in [1.54, 1.807) is 17.7 Å². The number of benzene rings is 1. The number of methoxy groups -OCH3 is 1. The number of thiophene rings is 1. The van der Waals surface area contributed by atoms with Gasteiger partial charge in [0.2, 0.25) is 0 Å². The van der Waals surface area contributed by atoms with Crippen molar-refractivity contribution in [2.45, 2.75) is 6.92 Å². The summed E-state index contributed by atoms with van der Waals surface area (Å²) in [5, 5.41) is 1.23. The van der Waals surface area contributed by atoms with E-state index in [2.05, 4.69) is 39.5 Å². The van der Waals surface area contributed by atoms with Crippen LogP contribution in [-0.4, -0.2) is 23.0 Å². The lowest BCUT2D eigenvalue weighted by Gasteiger charge is -1.91. The molecule has 0 N–H and O–H groups in total. The maximum atomic E-state index is 9.84. The summed E-state index contributed by atoms with van der Waals surface area (Å²) in [6.45, 7) is 5.18. The van der Waals surface area contributed by atoms with E-state index in [-0.39, 0.29) is 0 Å². The van der Waals surface area contributed by atoms with Gasteiger partial charge in [-0.3, -0.25) is 0 Å². The minimum absolute atomic E-state index is 0.394. The number of hydrogen-bond acceptors (Lipinski definition) is 5. The average molecular weight is 286 g/mol. The van der Waals surface area contributed by atoms with Crippen LogP contribution in [0.1, 0.15) is 5.69 Å². The molecule has 0 fully saturated rings. The van der Waals surface area contributed by atoms with Crippen molar-refractivity contribution in [1.29, 1.82) is 0 Å². The first-order valence-corrected chi connectivity index (χ1v) is 6.78. The molecule has 3 rings (SSSR count). The summed E-state index contributed by atoms with van der Waals surface area (Å²) in [5.74, 6) is -0.394. The average Bonchev–Trinajstić information content (AvgIpc) is 2.87. The Hall–Kier alpha value is -2.27. The van der Waals surface area contributed by atoms with E-state index in [1.165, 1.54) is 21.9 Å². The van der Waals surface area contributed by atoms with Gasteiger partial charge in [0, 0.05) is 16.2 Å². The number of carbonyl (C=O) groups excluding carboxylic acids is 1. The summed E-state index contributed by atoms with van der Waals surface area (Å²) in [7, 11) is 1.31. The molecule has 0 aliphatic heterocycles. The Morgan fingerprint density at radius 3 is 2.75 bits per heavy atom. The molecule has 0 radical (unpaired) electrons. The number of fused-ring (bicyclic) bond motifs is 3. The molecule has 0 aliphatic rings. The summed E-state index contributed by atoms with van der Waals surface area (Å²) in [6.07, 6.45) is 2.75. The maximum absolute atomic E-state index is 9.84. The molecule has 0 amide bonds. The lowest BCUT2D eigenvalue weighted by molar-refractivity contribution is -0.134. The third-order valence-corrected chi connectivity index (χ3v) is 3.97. The minimum Gasteiger partial charge on any atom is -0.466 e. The second kappa shape index (κ2) is 6.25. The Morgan fingerprint density at radius 1 is 1.35 bits per heavy atom. The van der Waals surface area contributed by atoms with Crippen LogP contribution in [0.4, 0.5) is 0 Å². The molecule has 3 aromatic rings. The van der Waals surface area contributed by atoms with Crippen LogP contribution in [0, 0.1) is 6.92 Å². The highest BCUT2D eigenvalue weighted by atomic mass is 32.1. The zero-order valence-electron chi connectivity index (χ0n) is 11.3. The smallest absolute Gasteiger partial charge is 0.329 e. The van der Waals surface area contributed by atoms with Gasteiger partial charge >= 0.3 is 5.97 Å². The molecule has 0 saturated heterocycles. The lowest BCUT2D eigenvalue weighted by atomic mass is 10.2. The Bertz CT molecular complexity index is 765. The first kappa shape index (κ1) is 14.1. The van der Waals surface area contributed by atoms with Crippen molar-refractivity contribution < 1.29 is 9.53 Å².